The van der Waals surface area contributed by atoms with E-state index in [0.717, 1.165) is 5.01 Å². The van der Waals surface area contributed by atoms with E-state index in [1.807, 2.05) is 0 Å². The maximum absolute atomic E-state index is 10.4. The van der Waals surface area contributed by atoms with Crippen LogP contribution in [-0.2, 0) is 6.54 Å². The van der Waals surface area contributed by atoms with Crippen molar-refractivity contribution in [1.29, 1.82) is 0 Å². The number of hydrogen-bond donors (Lipinski definition) is 2. The van der Waals surface area contributed by atoms with Crippen molar-refractivity contribution >= 4 is 17.4 Å². The van der Waals surface area contributed by atoms with Gasteiger partial charge in [-0.15, -0.1) is 11.3 Å². The zero-order valence-corrected chi connectivity index (χ0v) is 7.93. The van der Waals surface area contributed by atoms with Gasteiger partial charge in [0.25, 0.3) is 0 Å². The van der Waals surface area contributed by atoms with Gasteiger partial charge in [0.05, 0.1) is 12.2 Å². The molecular formula is C8H11N3OS. The fourth-order valence-electron chi connectivity index (χ4n) is 1.14. The summed E-state index contributed by atoms with van der Waals surface area (Å²) in [4.78, 5) is 14.8. The summed E-state index contributed by atoms with van der Waals surface area (Å²) in [6, 6.07) is -0.497. The Kier molecular flexibility index (Phi) is 2.18. The molecule has 70 valence electrons. The number of carbonyl (C=O) groups excluding carboxylic acids is 1. The molecule has 1 saturated carbocycles. The minimum atomic E-state index is -0.497. The molecule has 0 spiro atoms. The van der Waals surface area contributed by atoms with Gasteiger partial charge >= 0.3 is 6.03 Å². The number of carbonyl (C=O) groups is 1. The molecule has 0 unspecified atom stereocenters. The molecule has 1 aromatic heterocycles. The largest absolute Gasteiger partial charge is 0.352 e. The first-order valence-corrected chi connectivity index (χ1v) is 5.11. The van der Waals surface area contributed by atoms with E-state index < -0.39 is 6.03 Å². The minimum absolute atomic E-state index is 0.451. The number of aromatic nitrogens is 1. The molecule has 0 aromatic carbocycles. The zero-order chi connectivity index (χ0) is 9.26. The number of rotatable bonds is 3. The molecule has 5 heteroatoms. The SMILES string of the molecule is NC(=O)NCc1nc(C2CC2)cs1. The standard InChI is InChI=1S/C8H11N3OS/c9-8(12)10-3-7-11-6(4-13-7)5-1-2-5/h4-5H,1-3H2,(H3,9,10,12). The van der Waals surface area contributed by atoms with Crippen molar-refractivity contribution in [2.45, 2.75) is 25.3 Å². The highest BCUT2D eigenvalue weighted by atomic mass is 32.1. The quantitative estimate of drug-likeness (QED) is 0.764. The highest BCUT2D eigenvalue weighted by molar-refractivity contribution is 7.09. The van der Waals surface area contributed by atoms with Crippen LogP contribution in [0.3, 0.4) is 0 Å². The molecule has 4 nitrogen and oxygen atoms in total. The average molecular weight is 197 g/mol. The molecular weight excluding hydrogens is 186 g/mol. The van der Waals surface area contributed by atoms with Crippen LogP contribution in [0.25, 0.3) is 0 Å². The van der Waals surface area contributed by atoms with Gasteiger partial charge in [0.1, 0.15) is 5.01 Å². The van der Waals surface area contributed by atoms with Crippen molar-refractivity contribution < 1.29 is 4.79 Å². The van der Waals surface area contributed by atoms with Gasteiger partial charge < -0.3 is 11.1 Å². The van der Waals surface area contributed by atoms with Gasteiger partial charge in [0.15, 0.2) is 0 Å². The molecule has 0 aliphatic heterocycles. The zero-order valence-electron chi connectivity index (χ0n) is 7.12. The first-order valence-electron chi connectivity index (χ1n) is 4.23. The normalized spacial score (nSPS) is 15.7. The second kappa shape index (κ2) is 3.33. The van der Waals surface area contributed by atoms with E-state index in [9.17, 15) is 4.79 Å². The lowest BCUT2D eigenvalue weighted by molar-refractivity contribution is 0.248. The van der Waals surface area contributed by atoms with Crippen LogP contribution in [0.5, 0.6) is 0 Å². The van der Waals surface area contributed by atoms with Crippen LogP contribution in [0.4, 0.5) is 4.79 Å². The van der Waals surface area contributed by atoms with Crippen molar-refractivity contribution in [1.82, 2.24) is 10.3 Å². The second-order valence-corrected chi connectivity index (χ2v) is 4.10. The summed E-state index contributed by atoms with van der Waals surface area (Å²) in [6.45, 7) is 0.451. The Morgan fingerprint density at radius 2 is 2.54 bits per heavy atom. The number of nitrogens with one attached hydrogen (secondary N) is 1. The summed E-state index contributed by atoms with van der Waals surface area (Å²) in [5.74, 6) is 0.679. The van der Waals surface area contributed by atoms with Gasteiger partial charge in [-0.2, -0.15) is 0 Å². The van der Waals surface area contributed by atoms with E-state index in [1.165, 1.54) is 18.5 Å². The molecule has 0 radical (unpaired) electrons. The summed E-state index contributed by atoms with van der Waals surface area (Å²) < 4.78 is 0. The number of nitrogens with zero attached hydrogens (tertiary/aromatic N) is 1. The van der Waals surface area contributed by atoms with Crippen LogP contribution in [0.2, 0.25) is 0 Å². The molecule has 13 heavy (non-hydrogen) atoms. The molecule has 1 aliphatic rings. The van der Waals surface area contributed by atoms with Crippen molar-refractivity contribution in [3.8, 4) is 0 Å². The third kappa shape index (κ3) is 2.18. The van der Waals surface area contributed by atoms with Crippen LogP contribution in [-0.4, -0.2) is 11.0 Å². The van der Waals surface area contributed by atoms with Crippen LogP contribution in [0, 0.1) is 0 Å². The lowest BCUT2D eigenvalue weighted by atomic mass is 10.3. The first kappa shape index (κ1) is 8.50. The Labute approximate surface area is 80.2 Å². The second-order valence-electron chi connectivity index (χ2n) is 3.16. The molecule has 0 saturated heterocycles. The van der Waals surface area contributed by atoms with E-state index in [2.05, 4.69) is 15.7 Å². The molecule has 2 rings (SSSR count). The number of primary amides is 1. The monoisotopic (exact) mass is 197 g/mol. The third-order valence-corrected chi connectivity index (χ3v) is 2.85. The Morgan fingerprint density at radius 1 is 1.77 bits per heavy atom. The number of urea groups is 1. The van der Waals surface area contributed by atoms with Gasteiger partial charge in [-0.3, -0.25) is 0 Å². The summed E-state index contributed by atoms with van der Waals surface area (Å²) in [6.07, 6.45) is 2.51. The number of amides is 2. The Morgan fingerprint density at radius 3 is 3.15 bits per heavy atom. The molecule has 1 heterocycles. The summed E-state index contributed by atoms with van der Waals surface area (Å²) >= 11 is 1.58. The highest BCUT2D eigenvalue weighted by Gasteiger charge is 2.25. The van der Waals surface area contributed by atoms with Gasteiger partial charge in [0, 0.05) is 11.3 Å². The van der Waals surface area contributed by atoms with Gasteiger partial charge in [-0.1, -0.05) is 0 Å². The Balaban J connectivity index is 1.92. The third-order valence-electron chi connectivity index (χ3n) is 1.98. The van der Waals surface area contributed by atoms with E-state index in [-0.39, 0.29) is 0 Å². The van der Waals surface area contributed by atoms with Crippen LogP contribution < -0.4 is 11.1 Å². The lowest BCUT2D eigenvalue weighted by Gasteiger charge is -1.95. The van der Waals surface area contributed by atoms with E-state index >= 15 is 0 Å². The van der Waals surface area contributed by atoms with Crippen molar-refractivity contribution in [3.63, 3.8) is 0 Å². The molecule has 3 N–H and O–H groups in total. The highest BCUT2D eigenvalue weighted by Crippen LogP contribution is 2.40. The first-order chi connectivity index (χ1) is 6.25. The number of nitrogens with two attached hydrogens (primary N) is 1. The molecule has 1 aromatic rings. The van der Waals surface area contributed by atoms with Gasteiger partial charge in [-0.25, -0.2) is 9.78 Å². The van der Waals surface area contributed by atoms with Crippen molar-refractivity contribution in [3.05, 3.63) is 16.1 Å². The van der Waals surface area contributed by atoms with E-state index in [0.29, 0.717) is 12.5 Å². The molecule has 0 bridgehead atoms. The summed E-state index contributed by atoms with van der Waals surface area (Å²) in [5.41, 5.74) is 6.12. The maximum atomic E-state index is 10.4. The van der Waals surface area contributed by atoms with Crippen LogP contribution in [0.1, 0.15) is 29.5 Å². The van der Waals surface area contributed by atoms with Crippen molar-refractivity contribution in [2.24, 2.45) is 5.73 Å². The molecule has 1 fully saturated rings. The van der Waals surface area contributed by atoms with Crippen LogP contribution in [0.15, 0.2) is 5.38 Å². The topological polar surface area (TPSA) is 68.0 Å². The predicted molar refractivity (Wildman–Crippen MR) is 50.5 cm³/mol. The van der Waals surface area contributed by atoms with Gasteiger partial charge in [0.2, 0.25) is 0 Å². The summed E-state index contributed by atoms with van der Waals surface area (Å²) in [5, 5.41) is 5.52. The average Bonchev–Trinajstić information content (AvgIpc) is 2.83. The summed E-state index contributed by atoms with van der Waals surface area (Å²) in [7, 11) is 0. The lowest BCUT2D eigenvalue weighted by Crippen LogP contribution is -2.28. The number of hydrogen-bond acceptors (Lipinski definition) is 3. The minimum Gasteiger partial charge on any atom is -0.352 e. The smallest absolute Gasteiger partial charge is 0.312 e. The Hall–Kier alpha value is -1.10. The molecule has 0 atom stereocenters. The predicted octanol–water partition coefficient (Wildman–Crippen LogP) is 1.19. The number of thiazole rings is 1. The fourth-order valence-corrected chi connectivity index (χ4v) is 1.95. The van der Waals surface area contributed by atoms with Gasteiger partial charge in [-0.05, 0) is 12.8 Å². The Bertz CT molecular complexity index is 319. The van der Waals surface area contributed by atoms with E-state index in [1.54, 1.807) is 11.3 Å². The van der Waals surface area contributed by atoms with E-state index in [4.69, 9.17) is 5.73 Å². The fraction of sp³-hybridized carbons (Fsp3) is 0.500. The van der Waals surface area contributed by atoms with Crippen molar-refractivity contribution in [2.75, 3.05) is 0 Å². The molecule has 2 amide bonds. The van der Waals surface area contributed by atoms with Crippen LogP contribution >= 0.6 is 11.3 Å². The molecule has 1 aliphatic carbocycles. The maximum Gasteiger partial charge on any atom is 0.312 e.